The normalized spacial score (nSPS) is 10.2. The van der Waals surface area contributed by atoms with Gasteiger partial charge in [0, 0.05) is 11.3 Å². The summed E-state index contributed by atoms with van der Waals surface area (Å²) in [6, 6.07) is 5.82. The van der Waals surface area contributed by atoms with E-state index in [1.807, 2.05) is 31.4 Å². The molecule has 2 nitrogen and oxygen atoms in total. The van der Waals surface area contributed by atoms with Crippen molar-refractivity contribution >= 4 is 11.8 Å². The fourth-order valence-corrected chi connectivity index (χ4v) is 1.52. The lowest BCUT2D eigenvalue weighted by molar-refractivity contribution is 0.267. The summed E-state index contributed by atoms with van der Waals surface area (Å²) in [4.78, 5) is 0. The predicted molar refractivity (Wildman–Crippen MR) is 61.0 cm³/mol. The second-order valence-electron chi connectivity index (χ2n) is 3.06. The van der Waals surface area contributed by atoms with Crippen molar-refractivity contribution in [3.63, 3.8) is 0 Å². The number of hydrogen-bond donors (Lipinski definition) is 1. The molecule has 0 aliphatic heterocycles. The Bertz CT molecular complexity index is 287. The van der Waals surface area contributed by atoms with Crippen LogP contribution in [-0.2, 0) is 6.61 Å². The van der Waals surface area contributed by atoms with Gasteiger partial charge in [-0.3, -0.25) is 0 Å². The highest BCUT2D eigenvalue weighted by molar-refractivity contribution is 7.98. The molecule has 0 heterocycles. The minimum atomic E-state index is 0.0380. The van der Waals surface area contributed by atoms with Crippen LogP contribution in [0.15, 0.2) is 18.2 Å². The first-order valence-electron chi connectivity index (χ1n) is 4.60. The predicted octanol–water partition coefficient (Wildman–Crippen LogP) is 2.23. The maximum absolute atomic E-state index is 9.11. The van der Waals surface area contributed by atoms with E-state index < -0.39 is 0 Å². The average molecular weight is 212 g/mol. The first-order chi connectivity index (χ1) is 6.79. The lowest BCUT2D eigenvalue weighted by Crippen LogP contribution is -2.03. The summed E-state index contributed by atoms with van der Waals surface area (Å²) in [5, 5.41) is 9.11. The van der Waals surface area contributed by atoms with Crippen molar-refractivity contribution < 1.29 is 9.84 Å². The molecule has 14 heavy (non-hydrogen) atoms. The minimum Gasteiger partial charge on any atom is -0.492 e. The average Bonchev–Trinajstić information content (AvgIpc) is 2.20. The molecule has 1 aromatic carbocycles. The van der Waals surface area contributed by atoms with E-state index in [9.17, 15) is 0 Å². The number of para-hydroxylation sites is 1. The number of rotatable bonds is 5. The van der Waals surface area contributed by atoms with Gasteiger partial charge in [0.1, 0.15) is 5.75 Å². The van der Waals surface area contributed by atoms with Crippen LogP contribution in [0.1, 0.15) is 11.1 Å². The topological polar surface area (TPSA) is 29.5 Å². The summed E-state index contributed by atoms with van der Waals surface area (Å²) in [5.41, 5.74) is 1.95. The van der Waals surface area contributed by atoms with Crippen LogP contribution >= 0.6 is 11.8 Å². The zero-order valence-electron chi connectivity index (χ0n) is 8.62. The molecular formula is C11H16O2S. The molecule has 0 radical (unpaired) electrons. The lowest BCUT2D eigenvalue weighted by atomic mass is 10.1. The van der Waals surface area contributed by atoms with E-state index in [1.165, 1.54) is 0 Å². The molecule has 0 aromatic heterocycles. The van der Waals surface area contributed by atoms with Gasteiger partial charge >= 0.3 is 0 Å². The monoisotopic (exact) mass is 212 g/mol. The van der Waals surface area contributed by atoms with Gasteiger partial charge in [0.15, 0.2) is 0 Å². The molecule has 1 rings (SSSR count). The molecule has 0 bridgehead atoms. The van der Waals surface area contributed by atoms with Gasteiger partial charge in [-0.15, -0.1) is 0 Å². The van der Waals surface area contributed by atoms with Gasteiger partial charge in [-0.25, -0.2) is 0 Å². The molecule has 0 aliphatic carbocycles. The zero-order chi connectivity index (χ0) is 10.4. The first kappa shape index (κ1) is 11.4. The molecule has 0 unspecified atom stereocenters. The van der Waals surface area contributed by atoms with Gasteiger partial charge in [-0.05, 0) is 18.7 Å². The van der Waals surface area contributed by atoms with Crippen LogP contribution < -0.4 is 4.74 Å². The zero-order valence-corrected chi connectivity index (χ0v) is 9.43. The third-order valence-electron chi connectivity index (χ3n) is 2.00. The Balaban J connectivity index is 2.72. The maximum atomic E-state index is 9.11. The van der Waals surface area contributed by atoms with Crippen molar-refractivity contribution in [3.05, 3.63) is 29.3 Å². The van der Waals surface area contributed by atoms with Gasteiger partial charge in [-0.2, -0.15) is 11.8 Å². The van der Waals surface area contributed by atoms with Crippen molar-refractivity contribution in [2.24, 2.45) is 0 Å². The second-order valence-corrected chi connectivity index (χ2v) is 4.05. The molecule has 3 heteroatoms. The number of benzene rings is 1. The van der Waals surface area contributed by atoms with Crippen LogP contribution in [0.3, 0.4) is 0 Å². The van der Waals surface area contributed by atoms with Gasteiger partial charge in [0.05, 0.1) is 13.2 Å². The van der Waals surface area contributed by atoms with Crippen LogP contribution in [-0.4, -0.2) is 23.7 Å². The van der Waals surface area contributed by atoms with Crippen molar-refractivity contribution in [2.45, 2.75) is 13.5 Å². The maximum Gasteiger partial charge on any atom is 0.127 e. The summed E-state index contributed by atoms with van der Waals surface area (Å²) in [5.74, 6) is 1.81. The van der Waals surface area contributed by atoms with E-state index in [2.05, 4.69) is 0 Å². The summed E-state index contributed by atoms with van der Waals surface area (Å²) >= 11 is 1.75. The number of hydrogen-bond acceptors (Lipinski definition) is 3. The largest absolute Gasteiger partial charge is 0.492 e. The van der Waals surface area contributed by atoms with Crippen LogP contribution in [0.2, 0.25) is 0 Å². The number of thioether (sulfide) groups is 1. The van der Waals surface area contributed by atoms with E-state index in [1.54, 1.807) is 11.8 Å². The standard InChI is InChI=1S/C11H16O2S/c1-9-4-3-5-10(8-12)11(9)13-6-7-14-2/h3-5,12H,6-8H2,1-2H3. The fourth-order valence-electron chi connectivity index (χ4n) is 1.27. The van der Waals surface area contributed by atoms with Crippen molar-refractivity contribution in [1.82, 2.24) is 0 Å². The molecule has 0 amide bonds. The van der Waals surface area contributed by atoms with Crippen molar-refractivity contribution in [3.8, 4) is 5.75 Å². The Hall–Kier alpha value is -0.670. The molecule has 1 N–H and O–H groups in total. The molecular weight excluding hydrogens is 196 g/mol. The van der Waals surface area contributed by atoms with Crippen LogP contribution in [0, 0.1) is 6.92 Å². The van der Waals surface area contributed by atoms with Gasteiger partial charge in [0.25, 0.3) is 0 Å². The number of aliphatic hydroxyl groups excluding tert-OH is 1. The fraction of sp³-hybridized carbons (Fsp3) is 0.455. The van der Waals surface area contributed by atoms with E-state index >= 15 is 0 Å². The van der Waals surface area contributed by atoms with E-state index in [0.717, 1.165) is 22.6 Å². The molecule has 78 valence electrons. The Morgan fingerprint density at radius 2 is 2.21 bits per heavy atom. The third kappa shape index (κ3) is 2.93. The number of aryl methyl sites for hydroxylation is 1. The third-order valence-corrected chi connectivity index (χ3v) is 2.57. The quantitative estimate of drug-likeness (QED) is 0.759. The highest BCUT2D eigenvalue weighted by Gasteiger charge is 2.05. The Morgan fingerprint density at radius 1 is 1.43 bits per heavy atom. The smallest absolute Gasteiger partial charge is 0.127 e. The van der Waals surface area contributed by atoms with Gasteiger partial charge in [0.2, 0.25) is 0 Å². The summed E-state index contributed by atoms with van der Waals surface area (Å²) in [6.07, 6.45) is 2.05. The summed E-state index contributed by atoms with van der Waals surface area (Å²) < 4.78 is 5.62. The summed E-state index contributed by atoms with van der Waals surface area (Å²) in [7, 11) is 0. The highest BCUT2D eigenvalue weighted by atomic mass is 32.2. The number of aliphatic hydroxyl groups is 1. The van der Waals surface area contributed by atoms with Crippen molar-refractivity contribution in [1.29, 1.82) is 0 Å². The number of ether oxygens (including phenoxy) is 1. The molecule has 0 spiro atoms. The molecule has 0 saturated heterocycles. The molecule has 0 saturated carbocycles. The van der Waals surface area contributed by atoms with E-state index in [0.29, 0.717) is 6.61 Å². The molecule has 0 aliphatic rings. The van der Waals surface area contributed by atoms with E-state index in [-0.39, 0.29) is 6.61 Å². The Kier molecular flexibility index (Phi) is 4.84. The molecule has 0 fully saturated rings. The van der Waals surface area contributed by atoms with Crippen LogP contribution in [0.25, 0.3) is 0 Å². The SMILES string of the molecule is CSCCOc1c(C)cccc1CO. The Morgan fingerprint density at radius 3 is 2.86 bits per heavy atom. The van der Waals surface area contributed by atoms with Crippen molar-refractivity contribution in [2.75, 3.05) is 18.6 Å². The molecule has 0 atom stereocenters. The first-order valence-corrected chi connectivity index (χ1v) is 6.00. The minimum absolute atomic E-state index is 0.0380. The lowest BCUT2D eigenvalue weighted by Gasteiger charge is -2.12. The highest BCUT2D eigenvalue weighted by Crippen LogP contribution is 2.23. The van der Waals surface area contributed by atoms with Gasteiger partial charge < -0.3 is 9.84 Å². The van der Waals surface area contributed by atoms with E-state index in [4.69, 9.17) is 9.84 Å². The molecule has 1 aromatic rings. The van der Waals surface area contributed by atoms with Gasteiger partial charge in [-0.1, -0.05) is 18.2 Å². The second kappa shape index (κ2) is 5.94. The summed E-state index contributed by atoms with van der Waals surface area (Å²) in [6.45, 7) is 2.73. The Labute approximate surface area is 89.3 Å². The van der Waals surface area contributed by atoms with Crippen LogP contribution in [0.5, 0.6) is 5.75 Å². The van der Waals surface area contributed by atoms with Crippen LogP contribution in [0.4, 0.5) is 0 Å².